The average molecular weight is 503 g/mol. The Kier molecular flexibility index (Phi) is 7.27. The summed E-state index contributed by atoms with van der Waals surface area (Å²) >= 11 is 0. The monoisotopic (exact) mass is 502 g/mol. The van der Waals surface area contributed by atoms with Crippen LogP contribution in [0.25, 0.3) is 0 Å². The largest absolute Gasteiger partial charge is 0.461 e. The fourth-order valence-corrected chi connectivity index (χ4v) is 9.76. The van der Waals surface area contributed by atoms with E-state index in [2.05, 4.69) is 18.9 Å². The van der Waals surface area contributed by atoms with Gasteiger partial charge in [0.05, 0.1) is 25.4 Å². The molecule has 4 aliphatic carbocycles. The quantitative estimate of drug-likeness (QED) is 0.525. The van der Waals surface area contributed by atoms with Gasteiger partial charge in [-0.15, -0.1) is 0 Å². The van der Waals surface area contributed by atoms with Gasteiger partial charge < -0.3 is 14.6 Å². The Labute approximate surface area is 216 Å². The topological polar surface area (TPSA) is 88.4 Å². The molecular weight excluding hydrogens is 456 g/mol. The van der Waals surface area contributed by atoms with Crippen LogP contribution in [0.4, 0.5) is 0 Å². The molecule has 0 saturated heterocycles. The summed E-state index contributed by atoms with van der Waals surface area (Å²) in [4.78, 5) is 25.7. The molecule has 5 aliphatic rings. The molecule has 0 amide bonds. The number of methoxy groups -OCH3 is 1. The maximum absolute atomic E-state index is 13.6. The lowest BCUT2D eigenvalue weighted by molar-refractivity contribution is -0.186. The lowest BCUT2D eigenvalue weighted by Gasteiger charge is -2.63. The van der Waals surface area contributed by atoms with Crippen molar-refractivity contribution in [3.8, 4) is 0 Å². The minimum Gasteiger partial charge on any atom is -0.461 e. The van der Waals surface area contributed by atoms with Crippen molar-refractivity contribution in [2.45, 2.75) is 97.2 Å². The van der Waals surface area contributed by atoms with Gasteiger partial charge in [-0.05, 0) is 101 Å². The van der Waals surface area contributed by atoms with Gasteiger partial charge in [0.15, 0.2) is 5.78 Å². The van der Waals surface area contributed by atoms with Crippen molar-refractivity contribution in [1.82, 2.24) is 5.01 Å². The first-order chi connectivity index (χ1) is 17.2. The van der Waals surface area contributed by atoms with Crippen LogP contribution in [0.15, 0.2) is 5.10 Å². The third-order valence-corrected chi connectivity index (χ3v) is 11.4. The van der Waals surface area contributed by atoms with E-state index in [1.54, 1.807) is 11.9 Å². The minimum atomic E-state index is -0.358. The zero-order chi connectivity index (χ0) is 25.7. The van der Waals surface area contributed by atoms with E-state index in [1.807, 2.05) is 7.11 Å². The number of Topliss-reactive ketones (excluding diaryl/α,β-unsaturated/α-hetero) is 1. The Bertz CT molecular complexity index is 891. The van der Waals surface area contributed by atoms with Gasteiger partial charge in [0.1, 0.15) is 5.71 Å². The number of carbonyl (C=O) groups is 2. The Morgan fingerprint density at radius 1 is 1.14 bits per heavy atom. The van der Waals surface area contributed by atoms with Gasteiger partial charge in [-0.1, -0.05) is 6.92 Å². The fourth-order valence-electron chi connectivity index (χ4n) is 9.76. The van der Waals surface area contributed by atoms with E-state index in [0.29, 0.717) is 61.3 Å². The molecule has 2 unspecified atom stereocenters. The van der Waals surface area contributed by atoms with Crippen LogP contribution in [0.1, 0.15) is 85.0 Å². The summed E-state index contributed by atoms with van der Waals surface area (Å²) in [5.41, 5.74) is 0.644. The van der Waals surface area contributed by atoms with Crippen LogP contribution < -0.4 is 0 Å². The molecule has 0 radical (unpaired) electrons. The summed E-state index contributed by atoms with van der Waals surface area (Å²) in [5, 5.41) is 16.7. The predicted molar refractivity (Wildman–Crippen MR) is 137 cm³/mol. The van der Waals surface area contributed by atoms with E-state index >= 15 is 0 Å². The molecule has 0 aromatic carbocycles. The summed E-state index contributed by atoms with van der Waals surface area (Å²) in [5.74, 6) is 2.41. The molecule has 202 valence electrons. The van der Waals surface area contributed by atoms with E-state index < -0.39 is 0 Å². The zero-order valence-corrected chi connectivity index (χ0v) is 22.7. The van der Waals surface area contributed by atoms with Crippen LogP contribution in [0.2, 0.25) is 0 Å². The molecule has 1 heterocycles. The van der Waals surface area contributed by atoms with Gasteiger partial charge in [0, 0.05) is 31.4 Å². The van der Waals surface area contributed by atoms with Crippen LogP contribution in [-0.2, 0) is 19.1 Å². The van der Waals surface area contributed by atoms with Crippen molar-refractivity contribution in [2.75, 3.05) is 26.8 Å². The zero-order valence-electron chi connectivity index (χ0n) is 22.7. The van der Waals surface area contributed by atoms with E-state index in [9.17, 15) is 14.7 Å². The first-order valence-electron chi connectivity index (χ1n) is 14.5. The molecule has 0 aromatic rings. The summed E-state index contributed by atoms with van der Waals surface area (Å²) in [6, 6.07) is 0. The minimum absolute atomic E-state index is 0.0458. The molecule has 4 saturated carbocycles. The molecule has 0 spiro atoms. The molecule has 7 nitrogen and oxygen atoms in total. The number of esters is 1. The van der Waals surface area contributed by atoms with Crippen molar-refractivity contribution in [2.24, 2.45) is 45.5 Å². The highest BCUT2D eigenvalue weighted by Crippen LogP contribution is 2.68. The fraction of sp³-hybridized carbons (Fsp3) is 0.897. The SMILES string of the molecule is CCOC(=O)C1=NN(CC(=O)[C@H]2CC[C@H]3[C@@H]4CC[C@H]5C[C@H](O)CC[C@]5(C(C)OC)C4CC[C@]23C)CC1. The summed E-state index contributed by atoms with van der Waals surface area (Å²) in [7, 11) is 1.86. The van der Waals surface area contributed by atoms with Gasteiger partial charge in [0.25, 0.3) is 0 Å². The van der Waals surface area contributed by atoms with Gasteiger partial charge in [-0.3, -0.25) is 9.80 Å². The van der Waals surface area contributed by atoms with E-state index in [-0.39, 0.29) is 34.9 Å². The molecule has 0 bridgehead atoms. The Morgan fingerprint density at radius 3 is 2.69 bits per heavy atom. The summed E-state index contributed by atoms with van der Waals surface area (Å²) in [6.07, 6.45) is 10.2. The Balaban J connectivity index is 1.31. The summed E-state index contributed by atoms with van der Waals surface area (Å²) in [6.45, 7) is 7.71. The smallest absolute Gasteiger partial charge is 0.354 e. The third kappa shape index (κ3) is 4.13. The predicted octanol–water partition coefficient (Wildman–Crippen LogP) is 4.22. The molecule has 5 rings (SSSR count). The Hall–Kier alpha value is -1.47. The normalized spacial score (nSPS) is 42.7. The third-order valence-electron chi connectivity index (χ3n) is 11.4. The van der Waals surface area contributed by atoms with Crippen molar-refractivity contribution >= 4 is 17.5 Å². The second-order valence-electron chi connectivity index (χ2n) is 12.6. The number of carbonyl (C=O) groups excluding carboxylic acids is 2. The molecule has 1 N–H and O–H groups in total. The highest BCUT2D eigenvalue weighted by molar-refractivity contribution is 6.36. The number of aliphatic hydroxyl groups is 1. The number of hydrazone groups is 1. The number of fused-ring (bicyclic) bond motifs is 5. The summed E-state index contributed by atoms with van der Waals surface area (Å²) < 4.78 is 11.1. The van der Waals surface area contributed by atoms with Crippen LogP contribution >= 0.6 is 0 Å². The number of ether oxygens (including phenoxy) is 2. The molecular formula is C29H46N2O5. The number of hydrogen-bond donors (Lipinski definition) is 1. The van der Waals surface area contributed by atoms with Crippen molar-refractivity contribution in [3.05, 3.63) is 0 Å². The average Bonchev–Trinajstić information content (AvgIpc) is 3.47. The van der Waals surface area contributed by atoms with Crippen molar-refractivity contribution < 1.29 is 24.2 Å². The van der Waals surface area contributed by atoms with Crippen LogP contribution in [-0.4, -0.2) is 66.6 Å². The van der Waals surface area contributed by atoms with Crippen LogP contribution in [0, 0.1) is 40.4 Å². The molecule has 0 aromatic heterocycles. The number of rotatable bonds is 7. The lowest BCUT2D eigenvalue weighted by Crippen LogP contribution is -2.59. The van der Waals surface area contributed by atoms with Gasteiger partial charge in [-0.2, -0.15) is 5.10 Å². The molecule has 1 aliphatic heterocycles. The highest BCUT2D eigenvalue weighted by Gasteiger charge is 2.63. The Morgan fingerprint density at radius 2 is 1.94 bits per heavy atom. The first-order valence-corrected chi connectivity index (χ1v) is 14.5. The van der Waals surface area contributed by atoms with Crippen LogP contribution in [0.3, 0.4) is 0 Å². The highest BCUT2D eigenvalue weighted by atomic mass is 16.5. The number of ketones is 1. The van der Waals surface area contributed by atoms with E-state index in [1.165, 1.54) is 12.8 Å². The number of nitrogens with zero attached hydrogens (tertiary/aromatic N) is 2. The standard InChI is InChI=1S/C29H46N2O5/c1-5-36-27(34)25-12-15-31(30-25)17-26(33)24-9-8-22-21-7-6-19-16-20(32)10-14-29(19,18(2)35-4)23(21)11-13-28(22,24)3/h18-24,32H,5-17H2,1-4H3/t18?,19-,20+,21-,22-,23?,24+,28-,29+/m0/s1. The van der Waals surface area contributed by atoms with Crippen molar-refractivity contribution in [3.63, 3.8) is 0 Å². The van der Waals surface area contributed by atoms with Gasteiger partial charge >= 0.3 is 5.97 Å². The molecule has 4 fully saturated rings. The number of aliphatic hydroxyl groups excluding tert-OH is 1. The lowest BCUT2D eigenvalue weighted by atomic mass is 9.43. The van der Waals surface area contributed by atoms with E-state index in [4.69, 9.17) is 9.47 Å². The second-order valence-corrected chi connectivity index (χ2v) is 12.6. The molecule has 36 heavy (non-hydrogen) atoms. The van der Waals surface area contributed by atoms with Gasteiger partial charge in [0.2, 0.25) is 0 Å². The maximum Gasteiger partial charge on any atom is 0.354 e. The number of hydrogen-bond acceptors (Lipinski definition) is 7. The van der Waals surface area contributed by atoms with Crippen LogP contribution in [0.5, 0.6) is 0 Å². The maximum atomic E-state index is 13.6. The molecule has 7 heteroatoms. The second kappa shape index (κ2) is 10.0. The first kappa shape index (κ1) is 26.1. The van der Waals surface area contributed by atoms with E-state index in [0.717, 1.165) is 44.9 Å². The molecule has 9 atom stereocenters. The van der Waals surface area contributed by atoms with Crippen molar-refractivity contribution in [1.29, 1.82) is 0 Å². The van der Waals surface area contributed by atoms with Gasteiger partial charge in [-0.25, -0.2) is 4.79 Å².